The van der Waals surface area contributed by atoms with Gasteiger partial charge in [-0.25, -0.2) is 17.5 Å². The number of aromatic nitrogens is 3. The van der Waals surface area contributed by atoms with E-state index in [1.165, 1.54) is 22.5 Å². The summed E-state index contributed by atoms with van der Waals surface area (Å²) in [5.41, 5.74) is 0. The number of benzene rings is 1. The highest BCUT2D eigenvalue weighted by molar-refractivity contribution is 7.89. The van der Waals surface area contributed by atoms with Gasteiger partial charge < -0.3 is 4.57 Å². The third kappa shape index (κ3) is 3.78. The molecule has 3 rings (SSSR count). The second kappa shape index (κ2) is 7.78. The minimum absolute atomic E-state index is 0.279. The first-order chi connectivity index (χ1) is 12.4. The number of allylic oxidation sites excluding steroid dienone is 1. The highest BCUT2D eigenvalue weighted by Crippen LogP contribution is 2.20. The van der Waals surface area contributed by atoms with E-state index in [1.54, 1.807) is 21.7 Å². The van der Waals surface area contributed by atoms with Crippen LogP contribution in [-0.2, 0) is 23.2 Å². The summed E-state index contributed by atoms with van der Waals surface area (Å²) in [5, 5.41) is 4.26. The largest absolute Gasteiger partial charge is 0.303 e. The molecular weight excluding hydrogens is 377 g/mol. The van der Waals surface area contributed by atoms with Crippen LogP contribution in [0.3, 0.4) is 0 Å². The number of nitrogens with zero attached hydrogens (tertiary/aromatic N) is 5. The third-order valence-electron chi connectivity index (χ3n) is 4.24. The molecular formula is C16H20FN5O2S2. The Labute approximate surface area is 157 Å². The summed E-state index contributed by atoms with van der Waals surface area (Å²) in [5.74, 6) is -0.728. The van der Waals surface area contributed by atoms with Gasteiger partial charge in [-0.15, -0.1) is 6.58 Å². The van der Waals surface area contributed by atoms with Crippen molar-refractivity contribution in [2.24, 2.45) is 0 Å². The van der Waals surface area contributed by atoms with Crippen LogP contribution in [0.15, 0.2) is 48.1 Å². The summed E-state index contributed by atoms with van der Waals surface area (Å²) in [6.07, 6.45) is 3.40. The summed E-state index contributed by atoms with van der Waals surface area (Å²) < 4.78 is 44.5. The van der Waals surface area contributed by atoms with Crippen LogP contribution in [0, 0.1) is 10.6 Å². The van der Waals surface area contributed by atoms with Gasteiger partial charge >= 0.3 is 0 Å². The second-order valence-corrected chi connectivity index (χ2v) is 8.22. The summed E-state index contributed by atoms with van der Waals surface area (Å²) in [6, 6.07) is 5.45. The van der Waals surface area contributed by atoms with E-state index in [-0.39, 0.29) is 18.0 Å². The summed E-state index contributed by atoms with van der Waals surface area (Å²) in [7, 11) is -3.83. The maximum atomic E-state index is 13.9. The van der Waals surface area contributed by atoms with E-state index in [2.05, 4.69) is 16.6 Å². The van der Waals surface area contributed by atoms with E-state index < -0.39 is 15.8 Å². The molecule has 1 aromatic heterocycles. The number of halogens is 1. The van der Waals surface area contributed by atoms with Crippen molar-refractivity contribution in [1.82, 2.24) is 23.6 Å². The lowest BCUT2D eigenvalue weighted by Gasteiger charge is -2.33. The lowest BCUT2D eigenvalue weighted by atomic mass is 10.3. The van der Waals surface area contributed by atoms with Crippen molar-refractivity contribution in [2.75, 3.05) is 26.2 Å². The quantitative estimate of drug-likeness (QED) is 0.548. The molecule has 1 saturated heterocycles. The number of piperazine rings is 1. The molecule has 26 heavy (non-hydrogen) atoms. The van der Waals surface area contributed by atoms with Gasteiger partial charge in [0.2, 0.25) is 10.0 Å². The maximum Gasteiger partial charge on any atom is 0.246 e. The van der Waals surface area contributed by atoms with Gasteiger partial charge in [-0.2, -0.15) is 9.40 Å². The van der Waals surface area contributed by atoms with Gasteiger partial charge in [0, 0.05) is 32.7 Å². The SMILES string of the molecule is C=CCn1cnn(CN2CCN(S(=O)(=O)c3ccccc3F)CC2)c1=S. The highest BCUT2D eigenvalue weighted by Gasteiger charge is 2.30. The molecule has 0 spiro atoms. The van der Waals surface area contributed by atoms with Gasteiger partial charge in [-0.3, -0.25) is 4.90 Å². The molecule has 0 amide bonds. The van der Waals surface area contributed by atoms with Gasteiger partial charge in [-0.05, 0) is 24.4 Å². The molecule has 0 bridgehead atoms. The first-order valence-electron chi connectivity index (χ1n) is 8.13. The molecule has 10 heteroatoms. The molecule has 2 aromatic rings. The molecule has 0 atom stereocenters. The lowest BCUT2D eigenvalue weighted by Crippen LogP contribution is -2.49. The van der Waals surface area contributed by atoms with Crippen LogP contribution in [0.1, 0.15) is 0 Å². The third-order valence-corrected chi connectivity index (χ3v) is 6.62. The fourth-order valence-corrected chi connectivity index (χ4v) is 4.54. The highest BCUT2D eigenvalue weighted by atomic mass is 32.2. The van der Waals surface area contributed by atoms with Crippen LogP contribution in [0.2, 0.25) is 0 Å². The van der Waals surface area contributed by atoms with Crippen LogP contribution >= 0.6 is 12.2 Å². The Morgan fingerprint density at radius 1 is 1.23 bits per heavy atom. The molecule has 1 aliphatic heterocycles. The molecule has 0 aliphatic carbocycles. The van der Waals surface area contributed by atoms with E-state index in [1.807, 2.05) is 0 Å². The van der Waals surface area contributed by atoms with Crippen molar-refractivity contribution in [3.8, 4) is 0 Å². The van der Waals surface area contributed by atoms with Crippen molar-refractivity contribution in [2.45, 2.75) is 18.1 Å². The smallest absolute Gasteiger partial charge is 0.246 e. The summed E-state index contributed by atoms with van der Waals surface area (Å²) >= 11 is 5.36. The van der Waals surface area contributed by atoms with Crippen molar-refractivity contribution in [3.05, 3.63) is 53.8 Å². The fraction of sp³-hybridized carbons (Fsp3) is 0.375. The van der Waals surface area contributed by atoms with E-state index in [0.717, 1.165) is 6.07 Å². The van der Waals surface area contributed by atoms with Crippen LogP contribution < -0.4 is 0 Å². The number of hydrogen-bond donors (Lipinski definition) is 0. The topological polar surface area (TPSA) is 63.4 Å². The van der Waals surface area contributed by atoms with E-state index in [9.17, 15) is 12.8 Å². The van der Waals surface area contributed by atoms with E-state index >= 15 is 0 Å². The van der Waals surface area contributed by atoms with Crippen molar-refractivity contribution in [3.63, 3.8) is 0 Å². The van der Waals surface area contributed by atoms with Gasteiger partial charge in [0.05, 0.1) is 6.67 Å². The second-order valence-electron chi connectivity index (χ2n) is 5.95. The first-order valence-corrected chi connectivity index (χ1v) is 9.98. The maximum absolute atomic E-state index is 13.9. The standard InChI is InChI=1S/C16H20FN5O2S2/c1-2-7-20-12-18-22(16(20)25)13-19-8-10-21(11-9-19)26(23,24)15-6-4-3-5-14(15)17/h2-6,12H,1,7-11,13H2. The van der Waals surface area contributed by atoms with Gasteiger partial charge in [0.25, 0.3) is 0 Å². The number of sulfonamides is 1. The zero-order valence-corrected chi connectivity index (χ0v) is 15.8. The van der Waals surface area contributed by atoms with E-state index in [0.29, 0.717) is 31.1 Å². The average Bonchev–Trinajstić information content (AvgIpc) is 2.96. The first kappa shape index (κ1) is 18.9. The van der Waals surface area contributed by atoms with E-state index in [4.69, 9.17) is 12.2 Å². The van der Waals surface area contributed by atoms with Crippen LogP contribution in [0.5, 0.6) is 0 Å². The van der Waals surface area contributed by atoms with Crippen LogP contribution in [-0.4, -0.2) is 58.1 Å². The number of hydrogen-bond acceptors (Lipinski definition) is 5. The fourth-order valence-electron chi connectivity index (χ4n) is 2.83. The van der Waals surface area contributed by atoms with Crippen molar-refractivity contribution in [1.29, 1.82) is 0 Å². The zero-order valence-electron chi connectivity index (χ0n) is 14.2. The predicted octanol–water partition coefficient (Wildman–Crippen LogP) is 1.70. The van der Waals surface area contributed by atoms with Crippen LogP contribution in [0.25, 0.3) is 0 Å². The molecule has 1 fully saturated rings. The molecule has 2 heterocycles. The Kier molecular flexibility index (Phi) is 5.66. The minimum atomic E-state index is -3.83. The van der Waals surface area contributed by atoms with Crippen molar-refractivity contribution < 1.29 is 12.8 Å². The molecule has 140 valence electrons. The monoisotopic (exact) mass is 397 g/mol. The minimum Gasteiger partial charge on any atom is -0.303 e. The van der Waals surface area contributed by atoms with Gasteiger partial charge in [0.1, 0.15) is 17.0 Å². The number of rotatable bonds is 6. The van der Waals surface area contributed by atoms with Gasteiger partial charge in [-0.1, -0.05) is 18.2 Å². The molecule has 0 radical (unpaired) electrons. The Balaban J connectivity index is 1.65. The molecule has 0 unspecified atom stereocenters. The van der Waals surface area contributed by atoms with Crippen LogP contribution in [0.4, 0.5) is 4.39 Å². The molecule has 1 aromatic carbocycles. The molecule has 0 saturated carbocycles. The zero-order chi connectivity index (χ0) is 18.7. The normalized spacial score (nSPS) is 16.7. The lowest BCUT2D eigenvalue weighted by molar-refractivity contribution is 0.144. The molecule has 0 N–H and O–H groups in total. The van der Waals surface area contributed by atoms with Gasteiger partial charge in [0.15, 0.2) is 4.77 Å². The molecule has 7 nitrogen and oxygen atoms in total. The predicted molar refractivity (Wildman–Crippen MR) is 98.0 cm³/mol. The average molecular weight is 398 g/mol. The summed E-state index contributed by atoms with van der Waals surface area (Å²) in [4.78, 5) is 1.79. The van der Waals surface area contributed by atoms with Crippen molar-refractivity contribution >= 4 is 22.2 Å². The Bertz CT molecular complexity index is 946. The summed E-state index contributed by atoms with van der Waals surface area (Å²) in [6.45, 7) is 6.37. The molecule has 1 aliphatic rings. The Morgan fingerprint density at radius 2 is 1.92 bits per heavy atom. The Hall–Kier alpha value is -1.88. The Morgan fingerprint density at radius 3 is 2.58 bits per heavy atom.